The first kappa shape index (κ1) is 30.3. The Hall–Kier alpha value is -3.76. The second kappa shape index (κ2) is 13.1. The minimum atomic E-state index is -0.185. The van der Waals surface area contributed by atoms with Crippen molar-refractivity contribution in [3.63, 3.8) is 0 Å². The van der Waals surface area contributed by atoms with Crippen molar-refractivity contribution in [3.8, 4) is 11.1 Å². The van der Waals surface area contributed by atoms with E-state index in [0.29, 0.717) is 24.3 Å². The third kappa shape index (κ3) is 6.37. The molecule has 5 heterocycles. The number of H-pyrrole nitrogens is 1. The molecule has 3 aromatic heterocycles. The number of pyridine rings is 2. The number of morpholine rings is 2. The summed E-state index contributed by atoms with van der Waals surface area (Å²) < 4.78 is 13.4. The van der Waals surface area contributed by atoms with Crippen molar-refractivity contribution in [1.82, 2.24) is 24.5 Å². The van der Waals surface area contributed by atoms with E-state index in [1.807, 2.05) is 32.9 Å². The SMILES string of the molecule is Cc1cc(C)c(CNC(=O)c2cc3cc(-c4ccc(CN5CCOCC5)cc4)cn3c(C(C)N3CCOCC3)c2C)c(=O)[nH]1. The van der Waals surface area contributed by atoms with Gasteiger partial charge in [-0.25, -0.2) is 0 Å². The number of carbonyl (C=O) groups excluding carboxylic acids is 1. The zero-order chi connectivity index (χ0) is 30.8. The molecule has 1 atom stereocenters. The maximum Gasteiger partial charge on any atom is 0.253 e. The number of rotatable bonds is 8. The van der Waals surface area contributed by atoms with Crippen LogP contribution in [0.5, 0.6) is 0 Å². The highest BCUT2D eigenvalue weighted by molar-refractivity contribution is 5.97. The summed E-state index contributed by atoms with van der Waals surface area (Å²) in [6.45, 7) is 15.7. The number of carbonyl (C=O) groups is 1. The van der Waals surface area contributed by atoms with Crippen LogP contribution >= 0.6 is 0 Å². The molecule has 232 valence electrons. The number of aryl methyl sites for hydroxylation is 2. The van der Waals surface area contributed by atoms with E-state index >= 15 is 0 Å². The van der Waals surface area contributed by atoms with Gasteiger partial charge in [-0.2, -0.15) is 0 Å². The van der Waals surface area contributed by atoms with Gasteiger partial charge in [0.15, 0.2) is 0 Å². The number of nitrogens with zero attached hydrogens (tertiary/aromatic N) is 3. The molecule has 1 amide bonds. The molecular weight excluding hydrogens is 554 g/mol. The van der Waals surface area contributed by atoms with Crippen LogP contribution in [0.2, 0.25) is 0 Å². The molecule has 1 unspecified atom stereocenters. The largest absolute Gasteiger partial charge is 0.379 e. The van der Waals surface area contributed by atoms with Crippen molar-refractivity contribution < 1.29 is 14.3 Å². The average molecular weight is 598 g/mol. The topological polar surface area (TPSA) is 91.3 Å². The van der Waals surface area contributed by atoms with Crippen LogP contribution in [-0.2, 0) is 22.6 Å². The molecule has 9 nitrogen and oxygen atoms in total. The van der Waals surface area contributed by atoms with Crippen molar-refractivity contribution in [2.24, 2.45) is 0 Å². The zero-order valence-corrected chi connectivity index (χ0v) is 26.2. The molecule has 2 saturated heterocycles. The first-order valence-electron chi connectivity index (χ1n) is 15.6. The van der Waals surface area contributed by atoms with Crippen LogP contribution in [-0.4, -0.2) is 77.7 Å². The molecule has 9 heteroatoms. The molecule has 2 fully saturated rings. The minimum absolute atomic E-state index is 0.0764. The highest BCUT2D eigenvalue weighted by Gasteiger charge is 2.26. The Morgan fingerprint density at radius 2 is 1.61 bits per heavy atom. The number of fused-ring (bicyclic) bond motifs is 1. The van der Waals surface area contributed by atoms with Crippen LogP contribution in [0.25, 0.3) is 16.6 Å². The van der Waals surface area contributed by atoms with Crippen LogP contribution < -0.4 is 10.9 Å². The monoisotopic (exact) mass is 597 g/mol. The zero-order valence-electron chi connectivity index (χ0n) is 26.2. The Kier molecular flexibility index (Phi) is 9.00. The average Bonchev–Trinajstić information content (AvgIpc) is 3.45. The third-order valence-electron chi connectivity index (χ3n) is 9.14. The summed E-state index contributed by atoms with van der Waals surface area (Å²) in [7, 11) is 0. The first-order chi connectivity index (χ1) is 21.3. The van der Waals surface area contributed by atoms with Gasteiger partial charge in [0.05, 0.1) is 26.4 Å². The lowest BCUT2D eigenvalue weighted by atomic mass is 10.0. The molecule has 1 aromatic carbocycles. The summed E-state index contributed by atoms with van der Waals surface area (Å²) in [5, 5.41) is 3.03. The van der Waals surface area contributed by atoms with Crippen LogP contribution in [0.3, 0.4) is 0 Å². The number of ether oxygens (including phenoxy) is 2. The summed E-state index contributed by atoms with van der Waals surface area (Å²) in [6, 6.07) is 15.0. The molecule has 0 saturated carbocycles. The van der Waals surface area contributed by atoms with Crippen molar-refractivity contribution in [1.29, 1.82) is 0 Å². The molecule has 4 aromatic rings. The van der Waals surface area contributed by atoms with Crippen LogP contribution in [0.1, 0.15) is 57.0 Å². The van der Waals surface area contributed by atoms with Crippen LogP contribution in [0, 0.1) is 20.8 Å². The predicted octanol–water partition coefficient (Wildman–Crippen LogP) is 4.38. The maximum absolute atomic E-state index is 13.7. The summed E-state index contributed by atoms with van der Waals surface area (Å²) in [5.74, 6) is -0.185. The lowest BCUT2D eigenvalue weighted by Gasteiger charge is -2.34. The summed E-state index contributed by atoms with van der Waals surface area (Å²) in [4.78, 5) is 34.0. The number of nitrogens with one attached hydrogen (secondary N) is 2. The second-order valence-corrected chi connectivity index (χ2v) is 12.1. The van der Waals surface area contributed by atoms with Gasteiger partial charge >= 0.3 is 0 Å². The number of hydrogen-bond donors (Lipinski definition) is 2. The van der Waals surface area contributed by atoms with Crippen LogP contribution in [0.15, 0.2) is 53.5 Å². The van der Waals surface area contributed by atoms with Gasteiger partial charge in [-0.05, 0) is 68.1 Å². The number of aromatic nitrogens is 2. The first-order valence-corrected chi connectivity index (χ1v) is 15.6. The van der Waals surface area contributed by atoms with Gasteiger partial charge in [0.25, 0.3) is 11.5 Å². The van der Waals surface area contributed by atoms with E-state index in [-0.39, 0.29) is 24.1 Å². The standard InChI is InChI=1S/C35H43N5O4/c1-23-17-24(2)37-35(42)32(23)20-36-34(41)31-19-30-18-29(28-7-5-27(6-8-28)21-38-9-13-43-14-10-38)22-40(30)33(25(31)3)26(4)39-11-15-44-16-12-39/h5-8,17-19,22,26H,9-16,20-21H2,1-4H3,(H,36,41)(H,37,42). The van der Waals surface area contributed by atoms with Crippen molar-refractivity contribution in [2.45, 2.75) is 46.8 Å². The Bertz CT molecular complexity index is 1700. The van der Waals surface area contributed by atoms with Crippen molar-refractivity contribution in [3.05, 3.63) is 98.2 Å². The molecule has 2 N–H and O–H groups in total. The van der Waals surface area contributed by atoms with Crippen molar-refractivity contribution in [2.75, 3.05) is 52.6 Å². The van der Waals surface area contributed by atoms with Gasteiger partial charge in [0.1, 0.15) is 0 Å². The van der Waals surface area contributed by atoms with E-state index in [0.717, 1.165) is 85.1 Å². The van der Waals surface area contributed by atoms with Crippen LogP contribution in [0.4, 0.5) is 0 Å². The van der Waals surface area contributed by atoms with E-state index in [9.17, 15) is 9.59 Å². The summed E-state index contributed by atoms with van der Waals surface area (Å²) in [5.41, 5.74) is 9.25. The smallest absolute Gasteiger partial charge is 0.253 e. The molecule has 0 radical (unpaired) electrons. The van der Waals surface area contributed by atoms with E-state index in [1.54, 1.807) is 0 Å². The normalized spacial score (nSPS) is 17.2. The molecular formula is C35H43N5O4. The lowest BCUT2D eigenvalue weighted by Crippen LogP contribution is -2.39. The van der Waals surface area contributed by atoms with Gasteiger partial charge in [-0.15, -0.1) is 0 Å². The fourth-order valence-electron chi connectivity index (χ4n) is 6.61. The second-order valence-electron chi connectivity index (χ2n) is 12.1. The fraction of sp³-hybridized carbons (Fsp3) is 0.429. The van der Waals surface area contributed by atoms with E-state index in [4.69, 9.17) is 9.47 Å². The molecule has 0 aliphatic carbocycles. The number of benzene rings is 1. The quantitative estimate of drug-likeness (QED) is 0.314. The fourth-order valence-corrected chi connectivity index (χ4v) is 6.61. The van der Waals surface area contributed by atoms with Gasteiger partial charge in [-0.1, -0.05) is 24.3 Å². The number of hydrogen-bond acceptors (Lipinski definition) is 6. The summed E-state index contributed by atoms with van der Waals surface area (Å²) >= 11 is 0. The Morgan fingerprint density at radius 1 is 0.932 bits per heavy atom. The van der Waals surface area contributed by atoms with E-state index in [2.05, 4.69) is 68.0 Å². The molecule has 2 aliphatic rings. The maximum atomic E-state index is 13.7. The van der Waals surface area contributed by atoms with Gasteiger partial charge in [0.2, 0.25) is 0 Å². The molecule has 2 aliphatic heterocycles. The Morgan fingerprint density at radius 3 is 2.30 bits per heavy atom. The molecule has 6 rings (SSSR count). The number of aromatic amines is 1. The Balaban J connectivity index is 1.33. The third-order valence-corrected chi connectivity index (χ3v) is 9.14. The summed E-state index contributed by atoms with van der Waals surface area (Å²) in [6.07, 6.45) is 2.20. The van der Waals surface area contributed by atoms with Gasteiger partial charge in [0, 0.05) is 85.1 Å². The van der Waals surface area contributed by atoms with Gasteiger partial charge < -0.3 is 24.2 Å². The van der Waals surface area contributed by atoms with E-state index < -0.39 is 0 Å². The highest BCUT2D eigenvalue weighted by Crippen LogP contribution is 2.32. The van der Waals surface area contributed by atoms with Crippen molar-refractivity contribution >= 4 is 11.4 Å². The van der Waals surface area contributed by atoms with E-state index in [1.165, 1.54) is 5.56 Å². The predicted molar refractivity (Wildman–Crippen MR) is 172 cm³/mol. The molecule has 0 spiro atoms. The number of amides is 1. The highest BCUT2D eigenvalue weighted by atomic mass is 16.5. The lowest BCUT2D eigenvalue weighted by molar-refractivity contribution is 0.0187. The Labute approximate surface area is 258 Å². The minimum Gasteiger partial charge on any atom is -0.379 e. The molecule has 44 heavy (non-hydrogen) atoms. The van der Waals surface area contributed by atoms with Gasteiger partial charge in [-0.3, -0.25) is 19.4 Å². The molecule has 0 bridgehead atoms.